The molecule has 1 saturated heterocycles. The molecule has 0 spiro atoms. The molecule has 1 unspecified atom stereocenters. The van der Waals surface area contributed by atoms with Crippen molar-refractivity contribution in [3.63, 3.8) is 0 Å². The molecule has 1 heterocycles. The third-order valence-electron chi connectivity index (χ3n) is 3.56. The van der Waals surface area contributed by atoms with Gasteiger partial charge in [-0.15, -0.1) is 0 Å². The normalized spacial score (nSPS) is 20.2. The zero-order valence-corrected chi connectivity index (χ0v) is 9.86. The number of rotatable bonds is 3. The zero-order chi connectivity index (χ0) is 11.8. The molecule has 0 amide bonds. The van der Waals surface area contributed by atoms with Gasteiger partial charge in [-0.25, -0.2) is 0 Å². The van der Waals surface area contributed by atoms with Gasteiger partial charge in [0.05, 0.1) is 25.2 Å². The Hall–Kier alpha value is -0.900. The van der Waals surface area contributed by atoms with Crippen molar-refractivity contribution in [3.05, 3.63) is 34.9 Å². The van der Waals surface area contributed by atoms with E-state index in [2.05, 4.69) is 32.0 Å². The van der Waals surface area contributed by atoms with Gasteiger partial charge >= 0.3 is 0 Å². The Kier molecular flexibility index (Phi) is 3.02. The van der Waals surface area contributed by atoms with Gasteiger partial charge in [0.2, 0.25) is 0 Å². The summed E-state index contributed by atoms with van der Waals surface area (Å²) in [4.78, 5) is 0. The van der Waals surface area contributed by atoms with E-state index < -0.39 is 0 Å². The molecule has 3 heteroatoms. The second kappa shape index (κ2) is 4.17. The van der Waals surface area contributed by atoms with E-state index in [0.717, 1.165) is 0 Å². The van der Waals surface area contributed by atoms with E-state index in [0.29, 0.717) is 13.2 Å². The number of benzene rings is 1. The topological polar surface area (TPSA) is 55.5 Å². The first kappa shape index (κ1) is 11.6. The third kappa shape index (κ3) is 1.65. The lowest BCUT2D eigenvalue weighted by atomic mass is 9.71. The van der Waals surface area contributed by atoms with Crippen molar-refractivity contribution >= 4 is 0 Å². The fourth-order valence-corrected chi connectivity index (χ4v) is 2.34. The van der Waals surface area contributed by atoms with E-state index in [1.54, 1.807) is 0 Å². The van der Waals surface area contributed by atoms with Gasteiger partial charge in [-0.1, -0.05) is 23.8 Å². The highest BCUT2D eigenvalue weighted by molar-refractivity contribution is 5.40. The second-order valence-corrected chi connectivity index (χ2v) is 4.76. The smallest absolute Gasteiger partial charge is 0.0601 e. The summed E-state index contributed by atoms with van der Waals surface area (Å²) in [6.07, 6.45) is 0. The lowest BCUT2D eigenvalue weighted by Gasteiger charge is -2.46. The fourth-order valence-electron chi connectivity index (χ4n) is 2.34. The largest absolute Gasteiger partial charge is 0.395 e. The SMILES string of the molecule is Cc1ccc(C)c(C2(C(N)CO)COC2)c1. The first-order chi connectivity index (χ1) is 7.60. The number of hydrogen-bond donors (Lipinski definition) is 2. The summed E-state index contributed by atoms with van der Waals surface area (Å²) in [5, 5.41) is 9.28. The van der Waals surface area contributed by atoms with Crippen LogP contribution in [-0.2, 0) is 10.2 Å². The molecule has 1 aromatic rings. The standard InChI is InChI=1S/C13H19NO2/c1-9-3-4-10(2)11(5-9)13(7-16-8-13)12(14)6-15/h3-5,12,15H,6-8,14H2,1-2H3. The first-order valence-corrected chi connectivity index (χ1v) is 5.62. The maximum atomic E-state index is 9.28. The van der Waals surface area contributed by atoms with Crippen molar-refractivity contribution in [2.45, 2.75) is 25.3 Å². The molecule has 0 saturated carbocycles. The summed E-state index contributed by atoms with van der Waals surface area (Å²) in [6.45, 7) is 5.37. The molecule has 1 fully saturated rings. The lowest BCUT2D eigenvalue weighted by Crippen LogP contribution is -2.60. The lowest BCUT2D eigenvalue weighted by molar-refractivity contribution is -0.0801. The molecule has 1 aliphatic heterocycles. The van der Waals surface area contributed by atoms with Crippen LogP contribution in [0.25, 0.3) is 0 Å². The maximum Gasteiger partial charge on any atom is 0.0601 e. The Morgan fingerprint density at radius 3 is 2.62 bits per heavy atom. The quantitative estimate of drug-likeness (QED) is 0.797. The molecule has 0 bridgehead atoms. The average Bonchev–Trinajstić information content (AvgIpc) is 2.21. The minimum atomic E-state index is -0.248. The fraction of sp³-hybridized carbons (Fsp3) is 0.538. The predicted octanol–water partition coefficient (Wildman–Crippen LogP) is 0.891. The second-order valence-electron chi connectivity index (χ2n) is 4.76. The molecule has 0 aromatic heterocycles. The van der Waals surface area contributed by atoms with Crippen molar-refractivity contribution in [2.24, 2.45) is 5.73 Å². The predicted molar refractivity (Wildman–Crippen MR) is 63.5 cm³/mol. The van der Waals surface area contributed by atoms with Crippen LogP contribution in [0.1, 0.15) is 16.7 Å². The molecule has 16 heavy (non-hydrogen) atoms. The zero-order valence-electron chi connectivity index (χ0n) is 9.86. The highest BCUT2D eigenvalue weighted by Gasteiger charge is 2.46. The minimum Gasteiger partial charge on any atom is -0.395 e. The molecule has 0 radical (unpaired) electrons. The Morgan fingerprint density at radius 1 is 1.44 bits per heavy atom. The van der Waals surface area contributed by atoms with Gasteiger partial charge in [0, 0.05) is 6.04 Å². The summed E-state index contributed by atoms with van der Waals surface area (Å²) in [5.74, 6) is 0. The van der Waals surface area contributed by atoms with E-state index in [9.17, 15) is 5.11 Å². The Balaban J connectivity index is 2.44. The van der Waals surface area contributed by atoms with E-state index in [-0.39, 0.29) is 18.1 Å². The van der Waals surface area contributed by atoms with Crippen LogP contribution in [0.3, 0.4) is 0 Å². The van der Waals surface area contributed by atoms with E-state index >= 15 is 0 Å². The number of aliphatic hydroxyl groups excluding tert-OH is 1. The molecule has 1 aliphatic rings. The van der Waals surface area contributed by atoms with Gasteiger partial charge in [-0.2, -0.15) is 0 Å². The molecule has 1 atom stereocenters. The molecular formula is C13H19NO2. The number of aryl methyl sites for hydroxylation is 2. The number of ether oxygens (including phenoxy) is 1. The van der Waals surface area contributed by atoms with E-state index in [1.165, 1.54) is 16.7 Å². The Morgan fingerprint density at radius 2 is 2.12 bits per heavy atom. The van der Waals surface area contributed by atoms with Crippen LogP contribution in [0.5, 0.6) is 0 Å². The minimum absolute atomic E-state index is 0.00323. The van der Waals surface area contributed by atoms with Gasteiger partial charge < -0.3 is 15.6 Å². The van der Waals surface area contributed by atoms with Crippen LogP contribution in [0.2, 0.25) is 0 Å². The Bertz CT molecular complexity index is 386. The Labute approximate surface area is 96.2 Å². The average molecular weight is 221 g/mol. The summed E-state index contributed by atoms with van der Waals surface area (Å²) in [5.41, 5.74) is 9.51. The van der Waals surface area contributed by atoms with Gasteiger partial charge in [-0.05, 0) is 25.0 Å². The van der Waals surface area contributed by atoms with Crippen molar-refractivity contribution in [2.75, 3.05) is 19.8 Å². The van der Waals surface area contributed by atoms with Gasteiger partial charge in [0.15, 0.2) is 0 Å². The summed E-state index contributed by atoms with van der Waals surface area (Å²) >= 11 is 0. The molecule has 3 nitrogen and oxygen atoms in total. The maximum absolute atomic E-state index is 9.28. The summed E-state index contributed by atoms with van der Waals surface area (Å²) in [6, 6.07) is 6.11. The first-order valence-electron chi connectivity index (χ1n) is 5.62. The summed E-state index contributed by atoms with van der Waals surface area (Å²) < 4.78 is 5.32. The van der Waals surface area contributed by atoms with Crippen LogP contribution in [-0.4, -0.2) is 31.0 Å². The monoisotopic (exact) mass is 221 g/mol. The molecule has 2 rings (SSSR count). The summed E-state index contributed by atoms with van der Waals surface area (Å²) in [7, 11) is 0. The van der Waals surface area contributed by atoms with Crippen molar-refractivity contribution in [3.8, 4) is 0 Å². The highest BCUT2D eigenvalue weighted by Crippen LogP contribution is 2.37. The highest BCUT2D eigenvalue weighted by atomic mass is 16.5. The van der Waals surface area contributed by atoms with Crippen molar-refractivity contribution in [1.82, 2.24) is 0 Å². The van der Waals surface area contributed by atoms with Gasteiger partial charge in [0.25, 0.3) is 0 Å². The number of aliphatic hydroxyl groups is 1. The van der Waals surface area contributed by atoms with Crippen LogP contribution in [0, 0.1) is 13.8 Å². The van der Waals surface area contributed by atoms with Crippen molar-refractivity contribution in [1.29, 1.82) is 0 Å². The number of nitrogens with two attached hydrogens (primary N) is 1. The van der Waals surface area contributed by atoms with Crippen LogP contribution in [0.4, 0.5) is 0 Å². The van der Waals surface area contributed by atoms with Crippen LogP contribution >= 0.6 is 0 Å². The molecule has 88 valence electrons. The van der Waals surface area contributed by atoms with Gasteiger partial charge in [0.1, 0.15) is 0 Å². The molecular weight excluding hydrogens is 202 g/mol. The molecule has 3 N–H and O–H groups in total. The molecule has 0 aliphatic carbocycles. The molecule has 1 aromatic carbocycles. The van der Waals surface area contributed by atoms with E-state index in [1.807, 2.05) is 0 Å². The van der Waals surface area contributed by atoms with E-state index in [4.69, 9.17) is 10.5 Å². The third-order valence-corrected chi connectivity index (χ3v) is 3.56. The van der Waals surface area contributed by atoms with Crippen LogP contribution < -0.4 is 5.73 Å². The van der Waals surface area contributed by atoms with Gasteiger partial charge in [-0.3, -0.25) is 0 Å². The van der Waals surface area contributed by atoms with Crippen LogP contribution in [0.15, 0.2) is 18.2 Å². The number of hydrogen-bond acceptors (Lipinski definition) is 3. The van der Waals surface area contributed by atoms with Crippen molar-refractivity contribution < 1.29 is 9.84 Å².